The van der Waals surface area contributed by atoms with Crippen LogP contribution in [-0.2, 0) is 16.8 Å². The first-order chi connectivity index (χ1) is 9.17. The van der Waals surface area contributed by atoms with Crippen molar-refractivity contribution < 1.29 is 4.79 Å². The zero-order valence-electron chi connectivity index (χ0n) is 11.3. The zero-order chi connectivity index (χ0) is 13.3. The van der Waals surface area contributed by atoms with Gasteiger partial charge in [-0.05, 0) is 36.8 Å². The van der Waals surface area contributed by atoms with E-state index in [2.05, 4.69) is 11.4 Å². The van der Waals surface area contributed by atoms with E-state index >= 15 is 0 Å². The third-order valence-corrected chi connectivity index (χ3v) is 4.41. The Morgan fingerprint density at radius 1 is 1.26 bits per heavy atom. The molecule has 0 bridgehead atoms. The molecule has 3 nitrogen and oxygen atoms in total. The van der Waals surface area contributed by atoms with Gasteiger partial charge in [-0.1, -0.05) is 37.1 Å². The van der Waals surface area contributed by atoms with Crippen LogP contribution in [0.15, 0.2) is 24.3 Å². The number of rotatable bonds is 4. The van der Waals surface area contributed by atoms with E-state index in [0.717, 1.165) is 36.8 Å². The molecule has 0 unspecified atom stereocenters. The van der Waals surface area contributed by atoms with E-state index in [9.17, 15) is 4.79 Å². The first-order valence-electron chi connectivity index (χ1n) is 7.34. The quantitative estimate of drug-likeness (QED) is 0.870. The van der Waals surface area contributed by atoms with Crippen molar-refractivity contribution in [2.45, 2.75) is 56.5 Å². The Hall–Kier alpha value is -1.35. The number of nitrogens with two attached hydrogens (primary N) is 1. The van der Waals surface area contributed by atoms with Crippen LogP contribution in [-0.4, -0.2) is 11.9 Å². The fourth-order valence-corrected chi connectivity index (χ4v) is 3.09. The van der Waals surface area contributed by atoms with Gasteiger partial charge in [0.25, 0.3) is 0 Å². The summed E-state index contributed by atoms with van der Waals surface area (Å²) < 4.78 is 0. The van der Waals surface area contributed by atoms with E-state index in [1.807, 2.05) is 18.2 Å². The summed E-state index contributed by atoms with van der Waals surface area (Å²) in [5.74, 6) is 0.142. The van der Waals surface area contributed by atoms with Crippen molar-refractivity contribution in [1.29, 1.82) is 0 Å². The molecule has 3 heteroatoms. The van der Waals surface area contributed by atoms with Crippen LogP contribution in [0.25, 0.3) is 0 Å². The van der Waals surface area contributed by atoms with Gasteiger partial charge in [0, 0.05) is 11.6 Å². The van der Waals surface area contributed by atoms with Gasteiger partial charge in [-0.25, -0.2) is 0 Å². The standard InChI is InChI=1S/C16H22N2O/c17-16(9-10-16)14-8-4-1-5-12(14)11-15(19)18-13-6-2-3-7-13/h1,4-5,8,13H,2-3,6-7,9-11,17H2,(H,18,19). The molecule has 102 valence electrons. The number of nitrogens with one attached hydrogen (secondary N) is 1. The largest absolute Gasteiger partial charge is 0.353 e. The van der Waals surface area contributed by atoms with Gasteiger partial charge >= 0.3 is 0 Å². The second-order valence-corrected chi connectivity index (χ2v) is 6.04. The van der Waals surface area contributed by atoms with Gasteiger partial charge in [0.2, 0.25) is 5.91 Å². The minimum absolute atomic E-state index is 0.142. The minimum atomic E-state index is -0.162. The molecule has 2 aliphatic carbocycles. The number of carbonyl (C=O) groups is 1. The van der Waals surface area contributed by atoms with Crippen molar-refractivity contribution in [1.82, 2.24) is 5.32 Å². The minimum Gasteiger partial charge on any atom is -0.353 e. The summed E-state index contributed by atoms with van der Waals surface area (Å²) in [6.45, 7) is 0. The number of hydrogen-bond donors (Lipinski definition) is 2. The third-order valence-electron chi connectivity index (χ3n) is 4.41. The molecule has 0 aromatic heterocycles. The summed E-state index contributed by atoms with van der Waals surface area (Å²) in [4.78, 5) is 12.1. The molecule has 2 saturated carbocycles. The Morgan fingerprint density at radius 2 is 1.95 bits per heavy atom. The fourth-order valence-electron chi connectivity index (χ4n) is 3.09. The SMILES string of the molecule is NC1(c2ccccc2CC(=O)NC2CCCC2)CC1. The smallest absolute Gasteiger partial charge is 0.224 e. The molecule has 2 fully saturated rings. The van der Waals surface area contributed by atoms with Crippen LogP contribution < -0.4 is 11.1 Å². The van der Waals surface area contributed by atoms with Crippen LogP contribution in [0, 0.1) is 0 Å². The summed E-state index contributed by atoms with van der Waals surface area (Å²) >= 11 is 0. The molecule has 0 spiro atoms. The summed E-state index contributed by atoms with van der Waals surface area (Å²) in [6, 6.07) is 8.52. The van der Waals surface area contributed by atoms with Crippen molar-refractivity contribution in [3.8, 4) is 0 Å². The highest BCUT2D eigenvalue weighted by atomic mass is 16.1. The van der Waals surface area contributed by atoms with E-state index < -0.39 is 0 Å². The van der Waals surface area contributed by atoms with Gasteiger partial charge < -0.3 is 11.1 Å². The second-order valence-electron chi connectivity index (χ2n) is 6.04. The van der Waals surface area contributed by atoms with Crippen LogP contribution in [0.4, 0.5) is 0 Å². The van der Waals surface area contributed by atoms with Crippen LogP contribution in [0.5, 0.6) is 0 Å². The maximum atomic E-state index is 12.1. The molecular weight excluding hydrogens is 236 g/mol. The van der Waals surface area contributed by atoms with Crippen LogP contribution in [0.3, 0.4) is 0 Å². The van der Waals surface area contributed by atoms with E-state index in [4.69, 9.17) is 5.73 Å². The van der Waals surface area contributed by atoms with Crippen molar-refractivity contribution in [2.24, 2.45) is 5.73 Å². The van der Waals surface area contributed by atoms with Crippen molar-refractivity contribution in [3.63, 3.8) is 0 Å². The Kier molecular flexibility index (Phi) is 3.31. The lowest BCUT2D eigenvalue weighted by Crippen LogP contribution is -2.34. The lowest BCUT2D eigenvalue weighted by atomic mass is 9.96. The van der Waals surface area contributed by atoms with E-state index in [-0.39, 0.29) is 11.4 Å². The molecular formula is C16H22N2O. The fraction of sp³-hybridized carbons (Fsp3) is 0.562. The molecule has 1 aromatic rings. The summed E-state index contributed by atoms with van der Waals surface area (Å²) in [6.07, 6.45) is 7.29. The van der Waals surface area contributed by atoms with Crippen molar-refractivity contribution in [2.75, 3.05) is 0 Å². The molecule has 1 amide bonds. The highest BCUT2D eigenvalue weighted by molar-refractivity contribution is 5.79. The maximum absolute atomic E-state index is 12.1. The molecule has 19 heavy (non-hydrogen) atoms. The van der Waals surface area contributed by atoms with Crippen LogP contribution >= 0.6 is 0 Å². The normalized spacial score (nSPS) is 21.3. The Labute approximate surface area is 114 Å². The number of amides is 1. The lowest BCUT2D eigenvalue weighted by molar-refractivity contribution is -0.121. The Balaban J connectivity index is 1.67. The number of benzene rings is 1. The Morgan fingerprint density at radius 3 is 2.63 bits per heavy atom. The van der Waals surface area contributed by atoms with Gasteiger partial charge in [0.05, 0.1) is 6.42 Å². The van der Waals surface area contributed by atoms with Crippen molar-refractivity contribution in [3.05, 3.63) is 35.4 Å². The van der Waals surface area contributed by atoms with Gasteiger partial charge in [0.1, 0.15) is 0 Å². The summed E-state index contributed by atoms with van der Waals surface area (Å²) in [5, 5.41) is 3.15. The molecule has 3 N–H and O–H groups in total. The molecule has 0 saturated heterocycles. The van der Waals surface area contributed by atoms with E-state index in [1.54, 1.807) is 0 Å². The molecule has 0 heterocycles. The lowest BCUT2D eigenvalue weighted by Gasteiger charge is -2.16. The van der Waals surface area contributed by atoms with E-state index in [0.29, 0.717) is 12.5 Å². The van der Waals surface area contributed by atoms with Gasteiger partial charge in [-0.2, -0.15) is 0 Å². The average Bonchev–Trinajstić information content (AvgIpc) is 2.94. The molecule has 0 atom stereocenters. The Bertz CT molecular complexity index is 473. The second kappa shape index (κ2) is 4.97. The van der Waals surface area contributed by atoms with Crippen LogP contribution in [0.2, 0.25) is 0 Å². The first-order valence-corrected chi connectivity index (χ1v) is 7.34. The third kappa shape index (κ3) is 2.81. The van der Waals surface area contributed by atoms with E-state index in [1.165, 1.54) is 12.8 Å². The van der Waals surface area contributed by atoms with Gasteiger partial charge in [-0.15, -0.1) is 0 Å². The van der Waals surface area contributed by atoms with Crippen molar-refractivity contribution >= 4 is 5.91 Å². The maximum Gasteiger partial charge on any atom is 0.224 e. The first kappa shape index (κ1) is 12.7. The predicted octanol–water partition coefficient (Wildman–Crippen LogP) is 2.24. The number of hydrogen-bond acceptors (Lipinski definition) is 2. The molecule has 2 aliphatic rings. The topological polar surface area (TPSA) is 55.1 Å². The molecule has 0 radical (unpaired) electrons. The van der Waals surface area contributed by atoms with Gasteiger partial charge in [-0.3, -0.25) is 4.79 Å². The van der Waals surface area contributed by atoms with Gasteiger partial charge in [0.15, 0.2) is 0 Å². The molecule has 0 aliphatic heterocycles. The highest BCUT2D eigenvalue weighted by Gasteiger charge is 2.41. The molecule has 3 rings (SSSR count). The summed E-state index contributed by atoms with van der Waals surface area (Å²) in [7, 11) is 0. The number of carbonyl (C=O) groups excluding carboxylic acids is 1. The highest BCUT2D eigenvalue weighted by Crippen LogP contribution is 2.44. The van der Waals surface area contributed by atoms with Crippen LogP contribution in [0.1, 0.15) is 49.7 Å². The predicted molar refractivity (Wildman–Crippen MR) is 75.6 cm³/mol. The average molecular weight is 258 g/mol. The monoisotopic (exact) mass is 258 g/mol. The summed E-state index contributed by atoms with van der Waals surface area (Å²) in [5.41, 5.74) is 8.37. The zero-order valence-corrected chi connectivity index (χ0v) is 11.3. The molecule has 1 aromatic carbocycles.